The van der Waals surface area contributed by atoms with E-state index in [9.17, 15) is 9.90 Å². The fourth-order valence-electron chi connectivity index (χ4n) is 3.42. The van der Waals surface area contributed by atoms with E-state index in [0.717, 1.165) is 58.0 Å². The average molecular weight is 240 g/mol. The zero-order valence-electron chi connectivity index (χ0n) is 10.8. The van der Waals surface area contributed by atoms with E-state index in [1.165, 1.54) is 0 Å². The molecule has 1 N–H and O–H groups in total. The Kier molecular flexibility index (Phi) is 4.08. The molecule has 1 saturated carbocycles. The van der Waals surface area contributed by atoms with Gasteiger partial charge in [-0.2, -0.15) is 0 Å². The lowest BCUT2D eigenvalue weighted by Gasteiger charge is -2.25. The Bertz CT molecular complexity index is 271. The van der Waals surface area contributed by atoms with E-state index in [-0.39, 0.29) is 0 Å². The lowest BCUT2D eigenvalue weighted by atomic mass is 9.79. The van der Waals surface area contributed by atoms with Crippen LogP contribution in [0.2, 0.25) is 0 Å². The van der Waals surface area contributed by atoms with Crippen LogP contribution in [0.3, 0.4) is 0 Å². The first kappa shape index (κ1) is 12.9. The molecule has 0 spiro atoms. The van der Waals surface area contributed by atoms with Crippen molar-refractivity contribution in [3.63, 3.8) is 0 Å². The Hall–Kier alpha value is -0.570. The van der Waals surface area contributed by atoms with Crippen LogP contribution >= 0.6 is 0 Å². The smallest absolute Gasteiger partial charge is 0.309 e. The van der Waals surface area contributed by atoms with Gasteiger partial charge in [-0.1, -0.05) is 13.3 Å². The minimum atomic E-state index is -0.577. The number of aliphatic carboxylic acids is 1. The third kappa shape index (κ3) is 2.82. The van der Waals surface area contributed by atoms with Gasteiger partial charge >= 0.3 is 5.97 Å². The number of hydrogen-bond donors (Lipinski definition) is 1. The zero-order valence-corrected chi connectivity index (χ0v) is 10.8. The Morgan fingerprint density at radius 3 is 2.82 bits per heavy atom. The molecular formula is C14H24O3. The van der Waals surface area contributed by atoms with Gasteiger partial charge in [0.25, 0.3) is 0 Å². The van der Waals surface area contributed by atoms with Gasteiger partial charge in [-0.05, 0) is 50.9 Å². The second kappa shape index (κ2) is 5.38. The van der Waals surface area contributed by atoms with Crippen LogP contribution in [-0.4, -0.2) is 23.8 Å². The first-order chi connectivity index (χ1) is 8.16. The van der Waals surface area contributed by atoms with Crippen LogP contribution in [0.1, 0.15) is 58.3 Å². The van der Waals surface area contributed by atoms with Gasteiger partial charge in [0.1, 0.15) is 0 Å². The van der Waals surface area contributed by atoms with Crippen LogP contribution in [0.4, 0.5) is 0 Å². The lowest BCUT2D eigenvalue weighted by molar-refractivity contribution is -0.149. The van der Waals surface area contributed by atoms with E-state index < -0.39 is 11.4 Å². The molecule has 0 amide bonds. The molecule has 0 bridgehead atoms. The van der Waals surface area contributed by atoms with Crippen molar-refractivity contribution < 1.29 is 14.6 Å². The molecule has 0 radical (unpaired) electrons. The highest BCUT2D eigenvalue weighted by Gasteiger charge is 2.44. The Balaban J connectivity index is 1.90. The van der Waals surface area contributed by atoms with Crippen molar-refractivity contribution in [2.45, 2.75) is 64.4 Å². The quantitative estimate of drug-likeness (QED) is 0.802. The van der Waals surface area contributed by atoms with Crippen molar-refractivity contribution in [2.24, 2.45) is 11.3 Å². The largest absolute Gasteiger partial charge is 0.481 e. The SMILES string of the molecule is CCC1CCC(CCC2CCCO2)(C(=O)O)C1. The summed E-state index contributed by atoms with van der Waals surface area (Å²) in [6, 6.07) is 0. The molecule has 2 aliphatic rings. The molecule has 1 saturated heterocycles. The highest BCUT2D eigenvalue weighted by Crippen LogP contribution is 2.47. The molecule has 3 heteroatoms. The van der Waals surface area contributed by atoms with Crippen molar-refractivity contribution in [3.05, 3.63) is 0 Å². The number of carboxylic acids is 1. The fourth-order valence-corrected chi connectivity index (χ4v) is 3.42. The van der Waals surface area contributed by atoms with Crippen molar-refractivity contribution in [1.29, 1.82) is 0 Å². The highest BCUT2D eigenvalue weighted by atomic mass is 16.5. The topological polar surface area (TPSA) is 46.5 Å². The Labute approximate surface area is 104 Å². The van der Waals surface area contributed by atoms with Crippen molar-refractivity contribution in [2.75, 3.05) is 6.61 Å². The van der Waals surface area contributed by atoms with Gasteiger partial charge in [0, 0.05) is 6.61 Å². The van der Waals surface area contributed by atoms with Gasteiger partial charge in [0.2, 0.25) is 0 Å². The molecule has 2 fully saturated rings. The van der Waals surface area contributed by atoms with Crippen LogP contribution in [0, 0.1) is 11.3 Å². The molecule has 3 unspecified atom stereocenters. The summed E-state index contributed by atoms with van der Waals surface area (Å²) in [4.78, 5) is 11.5. The van der Waals surface area contributed by atoms with E-state index in [1.54, 1.807) is 0 Å². The van der Waals surface area contributed by atoms with Crippen LogP contribution < -0.4 is 0 Å². The first-order valence-corrected chi connectivity index (χ1v) is 7.01. The number of hydrogen-bond acceptors (Lipinski definition) is 2. The zero-order chi connectivity index (χ0) is 12.3. The fraction of sp³-hybridized carbons (Fsp3) is 0.929. The standard InChI is InChI=1S/C14H24O3/c1-2-11-5-7-14(10-11,13(15)16)8-6-12-4-3-9-17-12/h11-12H,2-10H2,1H3,(H,15,16). The van der Waals surface area contributed by atoms with Crippen molar-refractivity contribution >= 4 is 5.97 Å². The summed E-state index contributed by atoms with van der Waals surface area (Å²) in [7, 11) is 0. The molecule has 3 nitrogen and oxygen atoms in total. The average Bonchev–Trinajstić information content (AvgIpc) is 2.96. The van der Waals surface area contributed by atoms with Crippen LogP contribution in [0.25, 0.3) is 0 Å². The van der Waals surface area contributed by atoms with E-state index in [2.05, 4.69) is 6.92 Å². The van der Waals surface area contributed by atoms with E-state index in [4.69, 9.17) is 4.74 Å². The molecule has 17 heavy (non-hydrogen) atoms. The predicted octanol–water partition coefficient (Wildman–Crippen LogP) is 3.23. The molecule has 1 aliphatic heterocycles. The van der Waals surface area contributed by atoms with Crippen molar-refractivity contribution in [3.8, 4) is 0 Å². The molecule has 0 aromatic heterocycles. The van der Waals surface area contributed by atoms with E-state index in [1.807, 2.05) is 0 Å². The molecule has 0 aromatic carbocycles. The molecule has 98 valence electrons. The molecule has 2 rings (SSSR count). The molecule has 0 aromatic rings. The summed E-state index contributed by atoms with van der Waals surface area (Å²) >= 11 is 0. The highest BCUT2D eigenvalue weighted by molar-refractivity contribution is 5.75. The van der Waals surface area contributed by atoms with E-state index >= 15 is 0 Å². The molecule has 1 heterocycles. The third-order valence-electron chi connectivity index (χ3n) is 4.71. The summed E-state index contributed by atoms with van der Waals surface area (Å²) < 4.78 is 5.60. The van der Waals surface area contributed by atoms with Gasteiger partial charge in [-0.3, -0.25) is 4.79 Å². The molecule has 1 aliphatic carbocycles. The number of carbonyl (C=O) groups is 1. The number of ether oxygens (including phenoxy) is 1. The lowest BCUT2D eigenvalue weighted by Crippen LogP contribution is -2.29. The summed E-state index contributed by atoms with van der Waals surface area (Å²) in [5, 5.41) is 9.51. The Morgan fingerprint density at radius 2 is 2.29 bits per heavy atom. The van der Waals surface area contributed by atoms with Crippen molar-refractivity contribution in [1.82, 2.24) is 0 Å². The second-order valence-corrected chi connectivity index (χ2v) is 5.78. The number of rotatable bonds is 5. The van der Waals surface area contributed by atoms with Gasteiger partial charge in [0.05, 0.1) is 11.5 Å². The van der Waals surface area contributed by atoms with Gasteiger partial charge < -0.3 is 9.84 Å². The molecule has 3 atom stereocenters. The first-order valence-electron chi connectivity index (χ1n) is 7.01. The van der Waals surface area contributed by atoms with Gasteiger partial charge in [-0.15, -0.1) is 0 Å². The maximum absolute atomic E-state index is 11.5. The normalized spacial score (nSPS) is 37.5. The summed E-state index contributed by atoms with van der Waals surface area (Å²) in [5.74, 6) is 0.0436. The maximum Gasteiger partial charge on any atom is 0.309 e. The minimum absolute atomic E-state index is 0.326. The molecular weight excluding hydrogens is 216 g/mol. The summed E-state index contributed by atoms with van der Waals surface area (Å²) in [6.45, 7) is 3.03. The van der Waals surface area contributed by atoms with E-state index in [0.29, 0.717) is 12.0 Å². The predicted molar refractivity (Wildman–Crippen MR) is 65.9 cm³/mol. The monoisotopic (exact) mass is 240 g/mol. The van der Waals surface area contributed by atoms with Gasteiger partial charge in [-0.25, -0.2) is 0 Å². The third-order valence-corrected chi connectivity index (χ3v) is 4.71. The van der Waals surface area contributed by atoms with Gasteiger partial charge in [0.15, 0.2) is 0 Å². The van der Waals surface area contributed by atoms with Crippen LogP contribution in [0.15, 0.2) is 0 Å². The maximum atomic E-state index is 11.5. The second-order valence-electron chi connectivity index (χ2n) is 5.78. The number of carboxylic acid groups (broad SMARTS) is 1. The minimum Gasteiger partial charge on any atom is -0.481 e. The summed E-state index contributed by atoms with van der Waals surface area (Å²) in [5.41, 5.74) is -0.438. The van der Waals surface area contributed by atoms with Crippen LogP contribution in [-0.2, 0) is 9.53 Å². The van der Waals surface area contributed by atoms with Crippen LogP contribution in [0.5, 0.6) is 0 Å². The summed E-state index contributed by atoms with van der Waals surface area (Å²) in [6.07, 6.45) is 8.29. The Morgan fingerprint density at radius 1 is 1.47 bits per heavy atom.